The van der Waals surface area contributed by atoms with Crippen molar-refractivity contribution >= 4 is 17.6 Å². The van der Waals surface area contributed by atoms with E-state index in [0.717, 1.165) is 17.4 Å². The minimum atomic E-state index is 0.289. The summed E-state index contributed by atoms with van der Waals surface area (Å²) in [4.78, 5) is 4.45. The maximum absolute atomic E-state index is 4.45. The topological polar surface area (TPSA) is 24.9 Å². The number of aromatic nitrogens is 1. The summed E-state index contributed by atoms with van der Waals surface area (Å²) < 4.78 is 0. The van der Waals surface area contributed by atoms with E-state index in [1.54, 1.807) is 11.8 Å². The Labute approximate surface area is 90.5 Å². The van der Waals surface area contributed by atoms with Gasteiger partial charge in [-0.15, -0.1) is 11.8 Å². The molecular weight excluding hydrogens is 192 g/mol. The highest BCUT2D eigenvalue weighted by atomic mass is 32.2. The summed E-state index contributed by atoms with van der Waals surface area (Å²) in [6, 6.07) is 6.06. The quantitative estimate of drug-likeness (QED) is 0.775. The van der Waals surface area contributed by atoms with Crippen LogP contribution >= 0.6 is 11.8 Å². The Balaban J connectivity index is 2.59. The minimum absolute atomic E-state index is 0.289. The molecule has 1 aromatic rings. The molecule has 1 N–H and O–H groups in total. The van der Waals surface area contributed by atoms with Crippen LogP contribution in [0.1, 0.15) is 20.8 Å². The Bertz CT molecular complexity index is 292. The Hall–Kier alpha value is -0.700. The lowest BCUT2D eigenvalue weighted by Gasteiger charge is -2.19. The predicted molar refractivity (Wildman–Crippen MR) is 64.0 cm³/mol. The van der Waals surface area contributed by atoms with Gasteiger partial charge in [-0.1, -0.05) is 26.8 Å². The van der Waals surface area contributed by atoms with Crippen LogP contribution in [0.2, 0.25) is 0 Å². The molecule has 0 unspecified atom stereocenters. The van der Waals surface area contributed by atoms with Gasteiger partial charge in [0, 0.05) is 6.54 Å². The summed E-state index contributed by atoms with van der Waals surface area (Å²) in [5, 5.41) is 4.39. The molecule has 0 bridgehead atoms. The van der Waals surface area contributed by atoms with Crippen molar-refractivity contribution in [3.63, 3.8) is 0 Å². The van der Waals surface area contributed by atoms with Crippen molar-refractivity contribution in [1.82, 2.24) is 4.98 Å². The van der Waals surface area contributed by atoms with Crippen LogP contribution in [0.15, 0.2) is 23.2 Å². The van der Waals surface area contributed by atoms with Crippen LogP contribution < -0.4 is 5.32 Å². The summed E-state index contributed by atoms with van der Waals surface area (Å²) in [7, 11) is 0. The van der Waals surface area contributed by atoms with Gasteiger partial charge in [0.2, 0.25) is 0 Å². The second-order valence-corrected chi connectivity index (χ2v) is 5.31. The Kier molecular flexibility index (Phi) is 3.81. The highest BCUT2D eigenvalue weighted by Gasteiger charge is 2.09. The van der Waals surface area contributed by atoms with E-state index in [2.05, 4.69) is 31.1 Å². The first-order valence-electron chi connectivity index (χ1n) is 4.76. The number of hydrogen-bond donors (Lipinski definition) is 1. The fraction of sp³-hybridized carbons (Fsp3) is 0.545. The van der Waals surface area contributed by atoms with E-state index in [9.17, 15) is 0 Å². The molecule has 1 heterocycles. The summed E-state index contributed by atoms with van der Waals surface area (Å²) in [6.07, 6.45) is 2.04. The van der Waals surface area contributed by atoms with Gasteiger partial charge in [-0.2, -0.15) is 0 Å². The molecule has 2 nitrogen and oxygen atoms in total. The van der Waals surface area contributed by atoms with Crippen LogP contribution in [0.4, 0.5) is 5.82 Å². The van der Waals surface area contributed by atoms with Gasteiger partial charge in [-0.25, -0.2) is 4.98 Å². The standard InChI is InChI=1S/C11H18N2S/c1-11(2,3)8-12-9-6-5-7-10(13-9)14-4/h5-7H,8H2,1-4H3,(H,12,13). The van der Waals surface area contributed by atoms with Gasteiger partial charge in [-0.05, 0) is 23.8 Å². The monoisotopic (exact) mass is 210 g/mol. The number of hydrogen-bond acceptors (Lipinski definition) is 3. The molecule has 78 valence electrons. The molecule has 0 saturated heterocycles. The molecule has 14 heavy (non-hydrogen) atoms. The van der Waals surface area contributed by atoms with Crippen LogP contribution in [0.25, 0.3) is 0 Å². The third-order valence-electron chi connectivity index (χ3n) is 1.73. The SMILES string of the molecule is CSc1cccc(NCC(C)(C)C)n1. The molecule has 0 atom stereocenters. The number of pyridine rings is 1. The van der Waals surface area contributed by atoms with Crippen LogP contribution in [-0.4, -0.2) is 17.8 Å². The van der Waals surface area contributed by atoms with Crippen LogP contribution in [0, 0.1) is 5.41 Å². The number of nitrogens with one attached hydrogen (secondary N) is 1. The van der Waals surface area contributed by atoms with E-state index in [1.807, 2.05) is 24.5 Å². The molecule has 0 aliphatic rings. The normalized spacial score (nSPS) is 11.4. The van der Waals surface area contributed by atoms with Crippen LogP contribution in [0.3, 0.4) is 0 Å². The lowest BCUT2D eigenvalue weighted by atomic mass is 9.97. The first-order valence-corrected chi connectivity index (χ1v) is 5.99. The summed E-state index contributed by atoms with van der Waals surface area (Å²) >= 11 is 1.67. The molecule has 0 aromatic carbocycles. The van der Waals surface area contributed by atoms with Crippen molar-refractivity contribution in [3.8, 4) is 0 Å². The van der Waals surface area contributed by atoms with E-state index in [-0.39, 0.29) is 5.41 Å². The second-order valence-electron chi connectivity index (χ2n) is 4.48. The smallest absolute Gasteiger partial charge is 0.127 e. The molecule has 0 radical (unpaired) electrons. The Morgan fingerprint density at radius 1 is 1.36 bits per heavy atom. The predicted octanol–water partition coefficient (Wildman–Crippen LogP) is 3.26. The third-order valence-corrected chi connectivity index (χ3v) is 2.38. The highest BCUT2D eigenvalue weighted by Crippen LogP contribution is 2.17. The average Bonchev–Trinajstić information content (AvgIpc) is 2.14. The van der Waals surface area contributed by atoms with E-state index in [4.69, 9.17) is 0 Å². The minimum Gasteiger partial charge on any atom is -0.370 e. The zero-order valence-corrected chi connectivity index (χ0v) is 10.1. The zero-order chi connectivity index (χ0) is 10.6. The molecule has 0 spiro atoms. The Morgan fingerprint density at radius 2 is 2.07 bits per heavy atom. The average molecular weight is 210 g/mol. The first kappa shape index (κ1) is 11.4. The van der Waals surface area contributed by atoms with Crippen LogP contribution in [-0.2, 0) is 0 Å². The van der Waals surface area contributed by atoms with E-state index >= 15 is 0 Å². The van der Waals surface area contributed by atoms with Gasteiger partial charge < -0.3 is 5.32 Å². The van der Waals surface area contributed by atoms with Gasteiger partial charge >= 0.3 is 0 Å². The third kappa shape index (κ3) is 4.01. The van der Waals surface area contributed by atoms with Crippen molar-refractivity contribution in [2.75, 3.05) is 18.1 Å². The van der Waals surface area contributed by atoms with Gasteiger partial charge in [-0.3, -0.25) is 0 Å². The molecule has 0 aliphatic carbocycles. The first-order chi connectivity index (χ1) is 6.51. The lowest BCUT2D eigenvalue weighted by molar-refractivity contribution is 0.442. The second kappa shape index (κ2) is 4.69. The van der Waals surface area contributed by atoms with Gasteiger partial charge in [0.1, 0.15) is 5.82 Å². The van der Waals surface area contributed by atoms with E-state index in [0.29, 0.717) is 0 Å². The van der Waals surface area contributed by atoms with Crippen molar-refractivity contribution in [2.24, 2.45) is 5.41 Å². The summed E-state index contributed by atoms with van der Waals surface area (Å²) in [5.74, 6) is 0.965. The molecule has 0 saturated carbocycles. The molecule has 3 heteroatoms. The molecular formula is C11H18N2S. The number of anilines is 1. The number of rotatable bonds is 3. The summed E-state index contributed by atoms with van der Waals surface area (Å²) in [6.45, 7) is 7.56. The van der Waals surface area contributed by atoms with Gasteiger partial charge in [0.05, 0.1) is 5.03 Å². The molecule has 1 aromatic heterocycles. The maximum atomic E-state index is 4.45. The van der Waals surface area contributed by atoms with Crippen LogP contribution in [0.5, 0.6) is 0 Å². The molecule has 1 rings (SSSR count). The van der Waals surface area contributed by atoms with Gasteiger partial charge in [0.15, 0.2) is 0 Å². The van der Waals surface area contributed by atoms with E-state index < -0.39 is 0 Å². The fourth-order valence-corrected chi connectivity index (χ4v) is 1.39. The molecule has 0 fully saturated rings. The largest absolute Gasteiger partial charge is 0.370 e. The van der Waals surface area contributed by atoms with Crippen molar-refractivity contribution in [3.05, 3.63) is 18.2 Å². The number of nitrogens with zero attached hydrogens (tertiary/aromatic N) is 1. The Morgan fingerprint density at radius 3 is 2.64 bits per heavy atom. The van der Waals surface area contributed by atoms with Crippen molar-refractivity contribution in [2.45, 2.75) is 25.8 Å². The highest BCUT2D eigenvalue weighted by molar-refractivity contribution is 7.98. The molecule has 0 aliphatic heterocycles. The van der Waals surface area contributed by atoms with Gasteiger partial charge in [0.25, 0.3) is 0 Å². The van der Waals surface area contributed by atoms with Crippen molar-refractivity contribution < 1.29 is 0 Å². The van der Waals surface area contributed by atoms with E-state index in [1.165, 1.54) is 0 Å². The fourth-order valence-electron chi connectivity index (χ4n) is 0.983. The summed E-state index contributed by atoms with van der Waals surface area (Å²) in [5.41, 5.74) is 0.289. The zero-order valence-electron chi connectivity index (χ0n) is 9.29. The van der Waals surface area contributed by atoms with Crippen molar-refractivity contribution in [1.29, 1.82) is 0 Å². The molecule has 0 amide bonds. The number of thioether (sulfide) groups is 1. The lowest BCUT2D eigenvalue weighted by Crippen LogP contribution is -2.19. The maximum Gasteiger partial charge on any atom is 0.127 e.